The Morgan fingerprint density at radius 2 is 1.47 bits per heavy atom. The summed E-state index contributed by atoms with van der Waals surface area (Å²) >= 11 is 1.03. The summed E-state index contributed by atoms with van der Waals surface area (Å²) in [4.78, 5) is 137. The van der Waals surface area contributed by atoms with Gasteiger partial charge in [-0.3, -0.25) is 53.3 Å². The largest absolute Gasteiger partial charge is 0.481 e. The average Bonchev–Trinajstić information content (AvgIpc) is 3.90. The number of nitrogens with one attached hydrogen (secondary N) is 2. The normalized spacial score (nSPS) is 17.4. The third-order valence-corrected chi connectivity index (χ3v) is 17.0. The van der Waals surface area contributed by atoms with Crippen LogP contribution >= 0.6 is 11.8 Å². The Balaban J connectivity index is 2.12. The fourth-order valence-electron chi connectivity index (χ4n) is 10.7. The summed E-state index contributed by atoms with van der Waals surface area (Å²) in [7, 11) is 6.29. The van der Waals surface area contributed by atoms with Crippen LogP contribution in [-0.4, -0.2) is 179 Å². The van der Waals surface area contributed by atoms with E-state index in [-0.39, 0.29) is 110 Å². The van der Waals surface area contributed by atoms with Crippen molar-refractivity contribution in [3.8, 4) is 0 Å². The summed E-state index contributed by atoms with van der Waals surface area (Å²) < 4.78 is 12.0. The van der Waals surface area contributed by atoms with E-state index in [4.69, 9.17) is 9.47 Å². The molecule has 1 heterocycles. The lowest BCUT2D eigenvalue weighted by Gasteiger charge is -2.41. The minimum absolute atomic E-state index is 0.00458. The fraction of sp³-hybridized carbons (Fsp3) is 0.729. The number of hydrogen-bond donors (Lipinski definition) is 4. The molecule has 1 fully saturated rings. The van der Waals surface area contributed by atoms with Crippen molar-refractivity contribution < 1.29 is 67.6 Å². The van der Waals surface area contributed by atoms with Crippen molar-refractivity contribution in [1.82, 2.24) is 25.3 Å². The highest BCUT2D eigenvalue weighted by Gasteiger charge is 2.44. The molecule has 0 saturated carbocycles. The van der Waals surface area contributed by atoms with Crippen LogP contribution in [0.4, 0.5) is 0 Å². The molecule has 4 N–H and O–H groups in total. The number of hydrogen-bond acceptors (Lipinski definition) is 14. The highest BCUT2D eigenvalue weighted by molar-refractivity contribution is 8.00. The van der Waals surface area contributed by atoms with E-state index in [1.54, 1.807) is 37.7 Å². The van der Waals surface area contributed by atoms with Gasteiger partial charge in [-0.15, -0.1) is 11.8 Å². The van der Waals surface area contributed by atoms with Crippen molar-refractivity contribution in [3.05, 3.63) is 35.9 Å². The van der Waals surface area contributed by atoms with Gasteiger partial charge in [0.05, 0.1) is 66.9 Å². The molecule has 4 amide bonds. The number of carboxylic acid groups (broad SMARTS) is 2. The first-order valence-electron chi connectivity index (χ1n) is 28.3. The van der Waals surface area contributed by atoms with Crippen LogP contribution in [0.15, 0.2) is 30.3 Å². The van der Waals surface area contributed by atoms with E-state index in [9.17, 15) is 58.2 Å². The Labute approximate surface area is 474 Å². The molecule has 446 valence electrons. The van der Waals surface area contributed by atoms with Gasteiger partial charge in [0.2, 0.25) is 23.6 Å². The molecule has 1 aromatic rings. The maximum absolute atomic E-state index is 14.8. The summed E-state index contributed by atoms with van der Waals surface area (Å²) in [5.41, 5.74) is 0.817. The number of carbonyl (C=O) groups excluding carboxylic acids is 8. The number of nitrogens with zero attached hydrogens (tertiary/aromatic N) is 3. The third-order valence-electron chi connectivity index (χ3n) is 15.7. The number of ether oxygens (including phenoxy) is 2. The number of rotatable bonds is 40. The predicted molar refractivity (Wildman–Crippen MR) is 304 cm³/mol. The number of aliphatic carboxylic acids is 2. The Morgan fingerprint density at radius 1 is 0.810 bits per heavy atom. The summed E-state index contributed by atoms with van der Waals surface area (Å²) in [6.45, 7) is 16.9. The van der Waals surface area contributed by atoms with Gasteiger partial charge in [0.25, 0.3) is 0 Å². The number of amides is 4. The van der Waals surface area contributed by atoms with Crippen LogP contribution in [0, 0.1) is 35.5 Å². The molecule has 2 rings (SSSR count). The lowest BCUT2D eigenvalue weighted by Crippen LogP contribution is -2.54. The van der Waals surface area contributed by atoms with E-state index in [1.165, 1.54) is 26.0 Å². The predicted octanol–water partition coefficient (Wildman–Crippen LogP) is 6.30. The molecule has 0 aliphatic carbocycles. The number of likely N-dealkylation sites (tertiary alicyclic amines) is 1. The van der Waals surface area contributed by atoms with Gasteiger partial charge in [-0.1, -0.05) is 98.6 Å². The van der Waals surface area contributed by atoms with Gasteiger partial charge in [-0.2, -0.15) is 0 Å². The van der Waals surface area contributed by atoms with Gasteiger partial charge in [-0.05, 0) is 62.3 Å². The number of carbonyl (C=O) groups is 10. The zero-order valence-corrected chi connectivity index (χ0v) is 50.3. The maximum atomic E-state index is 14.8. The Bertz CT molecular complexity index is 2160. The number of likely N-dealkylation sites (N-methyl/N-ethyl adjacent to an activating group) is 2. The average molecular weight is 1130 g/mol. The number of methoxy groups -OCH3 is 2. The van der Waals surface area contributed by atoms with E-state index in [0.717, 1.165) is 17.3 Å². The Kier molecular flexibility index (Phi) is 31.6. The van der Waals surface area contributed by atoms with Gasteiger partial charge in [0.15, 0.2) is 5.78 Å². The number of benzene rings is 1. The molecule has 1 aromatic carbocycles. The van der Waals surface area contributed by atoms with Crippen LogP contribution in [0.25, 0.3) is 0 Å². The van der Waals surface area contributed by atoms with Crippen LogP contribution in [0.2, 0.25) is 0 Å². The lowest BCUT2D eigenvalue weighted by molar-refractivity contribution is -0.150. The highest BCUT2D eigenvalue weighted by Crippen LogP contribution is 2.32. The summed E-state index contributed by atoms with van der Waals surface area (Å²) in [5.74, 6) is -7.25. The topological polar surface area (TPSA) is 263 Å². The van der Waals surface area contributed by atoms with Crippen molar-refractivity contribution in [2.24, 2.45) is 35.5 Å². The number of unbranched alkanes of at least 4 members (excludes halogenated alkanes) is 2. The second-order valence-corrected chi connectivity index (χ2v) is 23.4. The fourth-order valence-corrected chi connectivity index (χ4v) is 11.9. The molecule has 20 heteroatoms. The van der Waals surface area contributed by atoms with Crippen LogP contribution in [0.1, 0.15) is 145 Å². The van der Waals surface area contributed by atoms with E-state index in [2.05, 4.69) is 10.6 Å². The van der Waals surface area contributed by atoms with Gasteiger partial charge in [-0.25, -0.2) is 0 Å². The van der Waals surface area contributed by atoms with Gasteiger partial charge in [0, 0.05) is 84.7 Å². The van der Waals surface area contributed by atoms with Crippen molar-refractivity contribution in [1.29, 1.82) is 0 Å². The smallest absolute Gasteiger partial charge is 0.307 e. The third kappa shape index (κ3) is 22.4. The molecular weight excluding hydrogens is 1030 g/mol. The standard InChI is InChI=1S/C59H95N5O14S/c1-14-38(7)55(49(77-12)32-52(70)64-28-22-25-46(64)56(78-13)39(8)47(67)30-42(59(75)76)29-41-23-18-16-19-24-41)63(11)58(74)44(36(3)4)31-48(68)54(37(5)6)62(10)51(69)26-20-17-21-27-60-57(73)50(33-53(71)72)79-35-45(40(9)65)61-34-43(66)15-2/h16,18-19,23-24,36-39,42,44-46,49-50,54-56,61H,14-15,17,20-22,25-35H2,1-13H3,(H,60,73)(H,71,72)(H,75,76)/t38-,39-,42+,44-,45?,46-,49+,50?,54-,55-,56+/m0/s1. The van der Waals surface area contributed by atoms with Crippen LogP contribution in [-0.2, 0) is 63.8 Å². The molecule has 1 saturated heterocycles. The lowest BCUT2D eigenvalue weighted by atomic mass is 9.83. The molecule has 1 aliphatic rings. The first-order chi connectivity index (χ1) is 37.3. The second kappa shape index (κ2) is 35.6. The van der Waals surface area contributed by atoms with E-state index in [0.29, 0.717) is 51.5 Å². The van der Waals surface area contributed by atoms with Crippen molar-refractivity contribution in [2.45, 2.75) is 187 Å². The van der Waals surface area contributed by atoms with Crippen LogP contribution in [0.3, 0.4) is 0 Å². The van der Waals surface area contributed by atoms with Crippen molar-refractivity contribution >= 4 is 70.5 Å². The second-order valence-electron chi connectivity index (χ2n) is 22.2. The van der Waals surface area contributed by atoms with Crippen molar-refractivity contribution in [3.63, 3.8) is 0 Å². The van der Waals surface area contributed by atoms with Crippen LogP contribution < -0.4 is 10.6 Å². The molecule has 2 unspecified atom stereocenters. The first kappa shape index (κ1) is 70.1. The Morgan fingerprint density at radius 3 is 2.01 bits per heavy atom. The van der Waals surface area contributed by atoms with Gasteiger partial charge < -0.3 is 39.7 Å². The molecule has 79 heavy (non-hydrogen) atoms. The number of Topliss-reactive ketones (excluding diaryl/α,β-unsaturated/α-hetero) is 4. The highest BCUT2D eigenvalue weighted by atomic mass is 32.2. The summed E-state index contributed by atoms with van der Waals surface area (Å²) in [6.07, 6.45) is 1.80. The molecule has 0 radical (unpaired) electrons. The molecule has 0 spiro atoms. The van der Waals surface area contributed by atoms with Crippen LogP contribution in [0.5, 0.6) is 0 Å². The molecule has 0 bridgehead atoms. The van der Waals surface area contributed by atoms with E-state index >= 15 is 0 Å². The zero-order valence-electron chi connectivity index (χ0n) is 49.5. The number of thioether (sulfide) groups is 1. The van der Waals surface area contributed by atoms with E-state index < -0.39 is 83.6 Å². The quantitative estimate of drug-likeness (QED) is 0.0525. The molecular formula is C59H95N5O14S. The molecule has 0 aromatic heterocycles. The van der Waals surface area contributed by atoms with E-state index in [1.807, 2.05) is 71.9 Å². The van der Waals surface area contributed by atoms with Gasteiger partial charge in [0.1, 0.15) is 17.3 Å². The minimum Gasteiger partial charge on any atom is -0.481 e. The minimum atomic E-state index is -1.17. The maximum Gasteiger partial charge on any atom is 0.307 e. The monoisotopic (exact) mass is 1130 g/mol. The Hall–Kier alpha value is -5.05. The number of ketones is 4. The summed E-state index contributed by atoms with van der Waals surface area (Å²) in [5, 5.41) is 24.2. The van der Waals surface area contributed by atoms with Crippen molar-refractivity contribution in [2.75, 3.05) is 53.7 Å². The number of carboxylic acids is 2. The first-order valence-corrected chi connectivity index (χ1v) is 29.4. The summed E-state index contributed by atoms with van der Waals surface area (Å²) in [6, 6.07) is 6.61. The zero-order chi connectivity index (χ0) is 59.7. The molecule has 1 aliphatic heterocycles. The molecule has 11 atom stereocenters. The SMILES string of the molecule is CCC(=O)CNC(CSC(CC(=O)O)C(=O)NCCCCCC(=O)N(C)[C@H](C(=O)C[C@H](C(=O)N(C)[C@@H]([C@@H](C)CC)[C@@H](CC(=O)N1CCC[C@H]1[C@H](OC)[C@@H](C)C(=O)C[C@@H](Cc1ccccc1)C(=O)O)OC)C(C)C)C(C)C)C(C)=O. The molecule has 19 nitrogen and oxygen atoms in total. The van der Waals surface area contributed by atoms with Gasteiger partial charge >= 0.3 is 11.9 Å².